The van der Waals surface area contributed by atoms with Crippen LogP contribution < -0.4 is 5.73 Å². The molecular weight excluding hydrogens is 286 g/mol. The first-order chi connectivity index (χ1) is 10.2. The molecule has 2 N–H and O–H groups in total. The van der Waals surface area contributed by atoms with Crippen molar-refractivity contribution < 1.29 is 9.53 Å². The molecule has 0 unspecified atom stereocenters. The Morgan fingerprint density at radius 3 is 2.86 bits per heavy atom. The van der Waals surface area contributed by atoms with Gasteiger partial charge < -0.3 is 10.5 Å². The second kappa shape index (κ2) is 5.88. The highest BCUT2D eigenvalue weighted by molar-refractivity contribution is 7.10. The fraction of sp³-hybridized carbons (Fsp3) is 0.133. The summed E-state index contributed by atoms with van der Waals surface area (Å²) >= 11 is 1.53. The quantitative estimate of drug-likeness (QED) is 0.749. The standard InChI is InChI=1S/C15H13N3O2S/c16-15-11-5-1-2-6-12(11)17-13(18-15)9-20-14(19)8-10-4-3-7-21-10/h1-7H,8-9H2,(H2,16,17,18). The molecule has 0 saturated carbocycles. The average molecular weight is 299 g/mol. The van der Waals surface area contributed by atoms with Crippen LogP contribution in [0.25, 0.3) is 10.9 Å². The van der Waals surface area contributed by atoms with Crippen molar-refractivity contribution in [2.45, 2.75) is 13.0 Å². The van der Waals surface area contributed by atoms with Crippen LogP contribution in [0.15, 0.2) is 41.8 Å². The molecule has 0 aliphatic heterocycles. The third kappa shape index (κ3) is 3.17. The summed E-state index contributed by atoms with van der Waals surface area (Å²) in [6.07, 6.45) is 0.265. The van der Waals surface area contributed by atoms with E-state index in [9.17, 15) is 4.79 Å². The summed E-state index contributed by atoms with van der Waals surface area (Å²) in [6, 6.07) is 11.3. The smallest absolute Gasteiger partial charge is 0.311 e. The number of fused-ring (bicyclic) bond motifs is 1. The summed E-state index contributed by atoms with van der Waals surface area (Å²) in [5.41, 5.74) is 6.63. The molecule has 0 aliphatic carbocycles. The van der Waals surface area contributed by atoms with Gasteiger partial charge in [-0.1, -0.05) is 18.2 Å². The zero-order valence-electron chi connectivity index (χ0n) is 11.2. The van der Waals surface area contributed by atoms with Crippen molar-refractivity contribution in [2.75, 3.05) is 5.73 Å². The van der Waals surface area contributed by atoms with E-state index in [-0.39, 0.29) is 19.0 Å². The Hall–Kier alpha value is -2.47. The Kier molecular flexibility index (Phi) is 3.79. The summed E-state index contributed by atoms with van der Waals surface area (Å²) in [4.78, 5) is 21.2. The summed E-state index contributed by atoms with van der Waals surface area (Å²) in [6.45, 7) is 0.0270. The van der Waals surface area contributed by atoms with Crippen LogP contribution in [0.4, 0.5) is 5.82 Å². The van der Waals surface area contributed by atoms with Crippen molar-refractivity contribution in [1.29, 1.82) is 0 Å². The molecule has 5 nitrogen and oxygen atoms in total. The van der Waals surface area contributed by atoms with Gasteiger partial charge in [0.05, 0.1) is 11.9 Å². The lowest BCUT2D eigenvalue weighted by Crippen LogP contribution is -2.10. The first-order valence-corrected chi connectivity index (χ1v) is 7.29. The number of carbonyl (C=O) groups excluding carboxylic acids is 1. The SMILES string of the molecule is Nc1nc(COC(=O)Cc2cccs2)nc2ccccc12. The molecule has 0 spiro atoms. The van der Waals surface area contributed by atoms with Crippen LogP contribution in [-0.2, 0) is 22.6 Å². The largest absolute Gasteiger partial charge is 0.457 e. The maximum atomic E-state index is 11.7. The van der Waals surface area contributed by atoms with E-state index in [1.165, 1.54) is 11.3 Å². The Labute approximate surface area is 125 Å². The molecule has 21 heavy (non-hydrogen) atoms. The number of hydrogen-bond donors (Lipinski definition) is 1. The number of hydrogen-bond acceptors (Lipinski definition) is 6. The van der Waals surface area contributed by atoms with E-state index < -0.39 is 0 Å². The maximum Gasteiger partial charge on any atom is 0.311 e. The Bertz CT molecular complexity index is 772. The average Bonchev–Trinajstić information content (AvgIpc) is 2.98. The molecule has 0 bridgehead atoms. The van der Waals surface area contributed by atoms with Crippen LogP contribution in [0.1, 0.15) is 10.7 Å². The number of thiophene rings is 1. The van der Waals surface area contributed by atoms with E-state index in [4.69, 9.17) is 10.5 Å². The number of esters is 1. The number of para-hydroxylation sites is 1. The summed E-state index contributed by atoms with van der Waals surface area (Å²) in [5.74, 6) is 0.503. The number of carbonyl (C=O) groups is 1. The maximum absolute atomic E-state index is 11.7. The Balaban J connectivity index is 1.69. The second-order valence-electron chi connectivity index (χ2n) is 4.46. The molecule has 0 amide bonds. The first kappa shape index (κ1) is 13.5. The predicted octanol–water partition coefficient (Wildman–Crippen LogP) is 2.56. The minimum atomic E-state index is -0.298. The van der Waals surface area contributed by atoms with Gasteiger partial charge in [0.1, 0.15) is 5.82 Å². The van der Waals surface area contributed by atoms with Crippen molar-refractivity contribution in [3.05, 3.63) is 52.5 Å². The van der Waals surface area contributed by atoms with E-state index in [0.29, 0.717) is 11.6 Å². The van der Waals surface area contributed by atoms with Crippen LogP contribution in [0, 0.1) is 0 Å². The molecule has 1 aromatic carbocycles. The molecule has 3 rings (SSSR count). The van der Waals surface area contributed by atoms with Crippen molar-refractivity contribution in [1.82, 2.24) is 9.97 Å². The number of ether oxygens (including phenoxy) is 1. The lowest BCUT2D eigenvalue weighted by atomic mass is 10.2. The van der Waals surface area contributed by atoms with Crippen LogP contribution >= 0.6 is 11.3 Å². The summed E-state index contributed by atoms with van der Waals surface area (Å²) in [7, 11) is 0. The van der Waals surface area contributed by atoms with Crippen molar-refractivity contribution in [3.8, 4) is 0 Å². The highest BCUT2D eigenvalue weighted by Gasteiger charge is 2.09. The molecule has 106 valence electrons. The number of nitrogen functional groups attached to an aromatic ring is 1. The molecule has 0 fully saturated rings. The van der Waals surface area contributed by atoms with Gasteiger partial charge in [-0.3, -0.25) is 4.79 Å². The summed E-state index contributed by atoms with van der Waals surface area (Å²) < 4.78 is 5.19. The molecule has 0 saturated heterocycles. The normalized spacial score (nSPS) is 10.7. The third-order valence-corrected chi connectivity index (χ3v) is 3.82. The van der Waals surface area contributed by atoms with Gasteiger partial charge in [0, 0.05) is 10.3 Å². The Morgan fingerprint density at radius 2 is 2.05 bits per heavy atom. The van der Waals surface area contributed by atoms with Crippen LogP contribution in [0.5, 0.6) is 0 Å². The molecule has 2 aromatic heterocycles. The topological polar surface area (TPSA) is 78.1 Å². The number of benzene rings is 1. The van der Waals surface area contributed by atoms with Gasteiger partial charge in [-0.15, -0.1) is 11.3 Å². The molecule has 2 heterocycles. The number of nitrogens with zero attached hydrogens (tertiary/aromatic N) is 2. The van der Waals surface area contributed by atoms with Gasteiger partial charge in [0.25, 0.3) is 0 Å². The van der Waals surface area contributed by atoms with E-state index in [1.54, 1.807) is 0 Å². The van der Waals surface area contributed by atoms with Gasteiger partial charge in [-0.05, 0) is 23.6 Å². The number of aromatic nitrogens is 2. The van der Waals surface area contributed by atoms with Crippen molar-refractivity contribution in [2.24, 2.45) is 0 Å². The highest BCUT2D eigenvalue weighted by atomic mass is 32.1. The van der Waals surface area contributed by atoms with Gasteiger partial charge in [0.15, 0.2) is 12.4 Å². The lowest BCUT2D eigenvalue weighted by molar-refractivity contribution is -0.144. The summed E-state index contributed by atoms with van der Waals surface area (Å²) in [5, 5.41) is 2.72. The van der Waals surface area contributed by atoms with E-state index in [0.717, 1.165) is 15.8 Å². The molecule has 0 aliphatic rings. The number of nitrogens with two attached hydrogens (primary N) is 1. The van der Waals surface area contributed by atoms with Crippen molar-refractivity contribution in [3.63, 3.8) is 0 Å². The van der Waals surface area contributed by atoms with Gasteiger partial charge >= 0.3 is 5.97 Å². The highest BCUT2D eigenvalue weighted by Crippen LogP contribution is 2.17. The van der Waals surface area contributed by atoms with E-state index >= 15 is 0 Å². The lowest BCUT2D eigenvalue weighted by Gasteiger charge is -2.06. The van der Waals surface area contributed by atoms with Crippen LogP contribution in [0.3, 0.4) is 0 Å². The zero-order chi connectivity index (χ0) is 14.7. The van der Waals surface area contributed by atoms with Crippen LogP contribution in [0.2, 0.25) is 0 Å². The first-order valence-electron chi connectivity index (χ1n) is 6.41. The van der Waals surface area contributed by atoms with Gasteiger partial charge in [0.2, 0.25) is 0 Å². The van der Waals surface area contributed by atoms with E-state index in [2.05, 4.69) is 9.97 Å². The predicted molar refractivity (Wildman–Crippen MR) is 81.8 cm³/mol. The van der Waals surface area contributed by atoms with Crippen LogP contribution in [-0.4, -0.2) is 15.9 Å². The molecule has 0 radical (unpaired) electrons. The minimum Gasteiger partial charge on any atom is -0.457 e. The third-order valence-electron chi connectivity index (χ3n) is 2.94. The fourth-order valence-electron chi connectivity index (χ4n) is 1.97. The molecule has 6 heteroatoms. The van der Waals surface area contributed by atoms with Gasteiger partial charge in [-0.2, -0.15) is 0 Å². The monoisotopic (exact) mass is 299 g/mol. The number of rotatable bonds is 4. The second-order valence-corrected chi connectivity index (χ2v) is 5.49. The van der Waals surface area contributed by atoms with Gasteiger partial charge in [-0.25, -0.2) is 9.97 Å². The zero-order valence-corrected chi connectivity index (χ0v) is 12.0. The molecular formula is C15H13N3O2S. The fourth-order valence-corrected chi connectivity index (χ4v) is 2.66. The van der Waals surface area contributed by atoms with E-state index in [1.807, 2.05) is 41.8 Å². The molecule has 0 atom stereocenters. The molecule has 3 aromatic rings. The van der Waals surface area contributed by atoms with Crippen molar-refractivity contribution >= 4 is 34.0 Å². The number of anilines is 1. The minimum absolute atomic E-state index is 0.0270. The Morgan fingerprint density at radius 1 is 1.19 bits per heavy atom.